The van der Waals surface area contributed by atoms with Crippen molar-refractivity contribution < 1.29 is 14.6 Å². The fraction of sp³-hybridized carbons (Fsp3) is 0.417. The fourth-order valence-corrected chi connectivity index (χ4v) is 1.95. The van der Waals surface area contributed by atoms with Crippen LogP contribution in [0, 0.1) is 6.92 Å². The van der Waals surface area contributed by atoms with E-state index in [9.17, 15) is 4.79 Å². The molecule has 1 saturated heterocycles. The largest absolute Gasteiger partial charge is 0.393 e. The van der Waals surface area contributed by atoms with E-state index in [1.807, 2.05) is 19.1 Å². The summed E-state index contributed by atoms with van der Waals surface area (Å²) in [4.78, 5) is 13.5. The normalized spacial score (nSPS) is 20.8. The predicted molar refractivity (Wildman–Crippen MR) is 65.4 cm³/mol. The Morgan fingerprint density at radius 2 is 2.35 bits per heavy atom. The monoisotopic (exact) mass is 255 g/mol. The number of halogens is 1. The van der Waals surface area contributed by atoms with Gasteiger partial charge in [-0.05, 0) is 24.6 Å². The van der Waals surface area contributed by atoms with Crippen LogP contribution in [0.1, 0.15) is 5.56 Å². The molecule has 1 aromatic rings. The third kappa shape index (κ3) is 2.44. The van der Waals surface area contributed by atoms with Crippen LogP contribution in [0.5, 0.6) is 0 Å². The van der Waals surface area contributed by atoms with Gasteiger partial charge in [-0.2, -0.15) is 0 Å². The molecular formula is C12H14ClNO3. The van der Waals surface area contributed by atoms with Crippen LogP contribution >= 0.6 is 11.6 Å². The molecule has 0 spiro atoms. The van der Waals surface area contributed by atoms with Gasteiger partial charge in [0, 0.05) is 17.3 Å². The van der Waals surface area contributed by atoms with Gasteiger partial charge in [0.25, 0.3) is 5.91 Å². The quantitative estimate of drug-likeness (QED) is 0.869. The number of aliphatic hydroxyl groups is 1. The molecule has 1 aromatic carbocycles. The summed E-state index contributed by atoms with van der Waals surface area (Å²) in [6.45, 7) is 2.51. The minimum atomic E-state index is -0.760. The molecule has 1 fully saturated rings. The van der Waals surface area contributed by atoms with E-state index in [2.05, 4.69) is 0 Å². The van der Waals surface area contributed by atoms with Crippen LogP contribution < -0.4 is 4.90 Å². The highest BCUT2D eigenvalue weighted by molar-refractivity contribution is 6.31. The number of morpholine rings is 1. The second-order valence-electron chi connectivity index (χ2n) is 3.97. The van der Waals surface area contributed by atoms with E-state index >= 15 is 0 Å². The Morgan fingerprint density at radius 1 is 1.59 bits per heavy atom. The number of aryl methyl sites for hydroxylation is 1. The van der Waals surface area contributed by atoms with Gasteiger partial charge >= 0.3 is 0 Å². The van der Waals surface area contributed by atoms with Crippen molar-refractivity contribution in [3.8, 4) is 0 Å². The lowest BCUT2D eigenvalue weighted by molar-refractivity contribution is -0.136. The Labute approximate surface area is 105 Å². The van der Waals surface area contributed by atoms with E-state index in [0.717, 1.165) is 11.3 Å². The van der Waals surface area contributed by atoms with Crippen LogP contribution in [-0.2, 0) is 9.53 Å². The zero-order valence-corrected chi connectivity index (χ0v) is 10.3. The number of anilines is 1. The van der Waals surface area contributed by atoms with Gasteiger partial charge in [-0.3, -0.25) is 4.79 Å². The lowest BCUT2D eigenvalue weighted by Crippen LogP contribution is -2.49. The molecule has 1 unspecified atom stereocenters. The standard InChI is InChI=1S/C12H14ClNO3/c1-8-2-3-9(6-10(8)13)14-4-5-17-11(7-15)12(14)16/h2-3,6,11,15H,4-5,7H2,1H3. The molecular weight excluding hydrogens is 242 g/mol. The first-order valence-corrected chi connectivity index (χ1v) is 5.81. The van der Waals surface area contributed by atoms with Crippen molar-refractivity contribution in [2.24, 2.45) is 0 Å². The molecule has 0 aromatic heterocycles. The van der Waals surface area contributed by atoms with Crippen LogP contribution in [0.2, 0.25) is 5.02 Å². The Hall–Kier alpha value is -1.10. The Morgan fingerprint density at radius 3 is 3.00 bits per heavy atom. The predicted octanol–water partition coefficient (Wildman–Crippen LogP) is 1.37. The summed E-state index contributed by atoms with van der Waals surface area (Å²) in [5.41, 5.74) is 1.71. The van der Waals surface area contributed by atoms with Gasteiger partial charge in [0.05, 0.1) is 13.2 Å². The molecule has 0 aliphatic carbocycles. The van der Waals surface area contributed by atoms with Crippen molar-refractivity contribution in [1.29, 1.82) is 0 Å². The number of hydrogen-bond acceptors (Lipinski definition) is 3. The zero-order valence-electron chi connectivity index (χ0n) is 9.52. The van der Waals surface area contributed by atoms with Gasteiger partial charge in [-0.25, -0.2) is 0 Å². The van der Waals surface area contributed by atoms with Crippen molar-refractivity contribution in [3.05, 3.63) is 28.8 Å². The third-order valence-corrected chi connectivity index (χ3v) is 3.22. The summed E-state index contributed by atoms with van der Waals surface area (Å²) in [7, 11) is 0. The average molecular weight is 256 g/mol. The van der Waals surface area contributed by atoms with Gasteiger partial charge in [-0.15, -0.1) is 0 Å². The smallest absolute Gasteiger partial charge is 0.258 e. The summed E-state index contributed by atoms with van der Waals surface area (Å²) in [5, 5.41) is 9.65. The van der Waals surface area contributed by atoms with Gasteiger partial charge in [-0.1, -0.05) is 17.7 Å². The number of benzene rings is 1. The number of ether oxygens (including phenoxy) is 1. The minimum absolute atomic E-state index is 0.223. The van der Waals surface area contributed by atoms with Crippen molar-refractivity contribution in [2.45, 2.75) is 13.0 Å². The molecule has 17 heavy (non-hydrogen) atoms. The van der Waals surface area contributed by atoms with E-state index in [-0.39, 0.29) is 12.5 Å². The molecule has 1 heterocycles. The third-order valence-electron chi connectivity index (χ3n) is 2.81. The fourth-order valence-electron chi connectivity index (χ4n) is 1.78. The van der Waals surface area contributed by atoms with Gasteiger partial charge < -0.3 is 14.7 Å². The van der Waals surface area contributed by atoms with Crippen molar-refractivity contribution in [2.75, 3.05) is 24.7 Å². The number of amides is 1. The van der Waals surface area contributed by atoms with Crippen LogP contribution in [0.15, 0.2) is 18.2 Å². The van der Waals surface area contributed by atoms with Gasteiger partial charge in [0.1, 0.15) is 0 Å². The first kappa shape index (κ1) is 12.4. The maximum Gasteiger partial charge on any atom is 0.258 e. The summed E-state index contributed by atoms with van der Waals surface area (Å²) in [6, 6.07) is 5.47. The first-order valence-electron chi connectivity index (χ1n) is 5.43. The highest BCUT2D eigenvalue weighted by Gasteiger charge is 2.29. The molecule has 0 saturated carbocycles. The second kappa shape index (κ2) is 5.04. The highest BCUT2D eigenvalue weighted by Crippen LogP contribution is 2.25. The average Bonchev–Trinajstić information content (AvgIpc) is 2.33. The van der Waals surface area contributed by atoms with Crippen molar-refractivity contribution in [1.82, 2.24) is 0 Å². The summed E-state index contributed by atoms with van der Waals surface area (Å²) in [6.07, 6.45) is -0.760. The summed E-state index contributed by atoms with van der Waals surface area (Å²) < 4.78 is 5.17. The molecule has 0 bridgehead atoms. The van der Waals surface area contributed by atoms with E-state index in [4.69, 9.17) is 21.4 Å². The Bertz CT molecular complexity index is 436. The molecule has 0 radical (unpaired) electrons. The van der Waals surface area contributed by atoms with Crippen molar-refractivity contribution >= 4 is 23.2 Å². The molecule has 5 heteroatoms. The van der Waals surface area contributed by atoms with E-state index in [1.54, 1.807) is 11.0 Å². The number of aliphatic hydroxyl groups excluding tert-OH is 1. The summed E-state index contributed by atoms with van der Waals surface area (Å²) in [5.74, 6) is -0.223. The first-order chi connectivity index (χ1) is 8.13. The maximum atomic E-state index is 12.0. The second-order valence-corrected chi connectivity index (χ2v) is 4.37. The lowest BCUT2D eigenvalue weighted by Gasteiger charge is -2.31. The topological polar surface area (TPSA) is 49.8 Å². The zero-order chi connectivity index (χ0) is 12.4. The summed E-state index contributed by atoms with van der Waals surface area (Å²) >= 11 is 6.03. The molecule has 2 rings (SSSR count). The van der Waals surface area contributed by atoms with E-state index < -0.39 is 6.10 Å². The van der Waals surface area contributed by atoms with Crippen LogP contribution in [0.25, 0.3) is 0 Å². The number of rotatable bonds is 2. The van der Waals surface area contributed by atoms with Gasteiger partial charge in [0.2, 0.25) is 0 Å². The van der Waals surface area contributed by atoms with Crippen LogP contribution in [0.4, 0.5) is 5.69 Å². The van der Waals surface area contributed by atoms with Gasteiger partial charge in [0.15, 0.2) is 6.10 Å². The Balaban J connectivity index is 2.26. The molecule has 1 aliphatic heterocycles. The van der Waals surface area contributed by atoms with Crippen LogP contribution in [0.3, 0.4) is 0 Å². The van der Waals surface area contributed by atoms with E-state index in [1.165, 1.54) is 0 Å². The SMILES string of the molecule is Cc1ccc(N2CCOC(CO)C2=O)cc1Cl. The van der Waals surface area contributed by atoms with E-state index in [0.29, 0.717) is 18.2 Å². The van der Waals surface area contributed by atoms with Crippen molar-refractivity contribution in [3.63, 3.8) is 0 Å². The molecule has 4 nitrogen and oxygen atoms in total. The number of carbonyl (C=O) groups excluding carboxylic acids is 1. The molecule has 1 atom stereocenters. The minimum Gasteiger partial charge on any atom is -0.393 e. The van der Waals surface area contributed by atoms with Crippen LogP contribution in [-0.4, -0.2) is 36.9 Å². The highest BCUT2D eigenvalue weighted by atomic mass is 35.5. The molecule has 1 amide bonds. The number of carbonyl (C=O) groups is 1. The Kier molecular flexibility index (Phi) is 3.66. The molecule has 1 N–H and O–H groups in total. The molecule has 92 valence electrons. The maximum absolute atomic E-state index is 12.0. The lowest BCUT2D eigenvalue weighted by atomic mass is 10.2. The number of nitrogens with zero attached hydrogens (tertiary/aromatic N) is 1. The number of hydrogen-bond donors (Lipinski definition) is 1. The molecule has 1 aliphatic rings.